The first-order valence-electron chi connectivity index (χ1n) is 9.56. The van der Waals surface area contributed by atoms with Crippen molar-refractivity contribution in [3.8, 4) is 0 Å². The number of halogens is 2. The van der Waals surface area contributed by atoms with Gasteiger partial charge in [-0.2, -0.15) is 0 Å². The van der Waals surface area contributed by atoms with Crippen LogP contribution in [0.15, 0.2) is 24.3 Å². The molecule has 1 aliphatic rings. The van der Waals surface area contributed by atoms with Crippen LogP contribution >= 0.6 is 0 Å². The normalized spacial score (nSPS) is 15.0. The average molecular weight is 404 g/mol. The summed E-state index contributed by atoms with van der Waals surface area (Å²) < 4.78 is 33.1. The van der Waals surface area contributed by atoms with Crippen molar-refractivity contribution in [3.63, 3.8) is 0 Å². The Kier molecular flexibility index (Phi) is 6.12. The molecule has 6 nitrogen and oxygen atoms in total. The molecule has 3 rings (SSSR count). The predicted octanol–water partition coefficient (Wildman–Crippen LogP) is 3.16. The van der Waals surface area contributed by atoms with Gasteiger partial charge in [-0.3, -0.25) is 4.79 Å². The summed E-state index contributed by atoms with van der Waals surface area (Å²) in [4.78, 5) is 25.4. The number of ether oxygens (including phenoxy) is 1. The average Bonchev–Trinajstić information content (AvgIpc) is 2.67. The summed E-state index contributed by atoms with van der Waals surface area (Å²) in [6.07, 6.45) is 0. The Morgan fingerprint density at radius 2 is 1.72 bits per heavy atom. The highest BCUT2D eigenvalue weighted by molar-refractivity contribution is 5.95. The Labute approximate surface area is 169 Å². The Bertz CT molecular complexity index is 870. The van der Waals surface area contributed by atoms with Crippen molar-refractivity contribution in [1.82, 2.24) is 14.9 Å². The van der Waals surface area contributed by atoms with Crippen molar-refractivity contribution in [2.75, 3.05) is 38.2 Å². The van der Waals surface area contributed by atoms with Crippen LogP contribution in [0.3, 0.4) is 0 Å². The van der Waals surface area contributed by atoms with E-state index in [0.717, 1.165) is 23.6 Å². The molecule has 1 saturated heterocycles. The number of hydrogen-bond acceptors (Lipinski definition) is 5. The molecule has 1 amide bonds. The van der Waals surface area contributed by atoms with E-state index >= 15 is 0 Å². The van der Waals surface area contributed by atoms with Crippen LogP contribution < -0.4 is 4.90 Å². The maximum Gasteiger partial charge on any atom is 0.259 e. The maximum absolute atomic E-state index is 13.9. The summed E-state index contributed by atoms with van der Waals surface area (Å²) in [6, 6.07) is 5.32. The van der Waals surface area contributed by atoms with Crippen molar-refractivity contribution in [1.29, 1.82) is 0 Å². The SMILES string of the molecule is COCc1cc(N2CCN(C(=O)c3c(F)cccc3F)CC2)nc(C(C)(C)C)n1. The van der Waals surface area contributed by atoms with E-state index in [9.17, 15) is 13.6 Å². The number of hydrogen-bond donors (Lipinski definition) is 0. The lowest BCUT2D eigenvalue weighted by molar-refractivity contribution is 0.0736. The Balaban J connectivity index is 1.77. The molecule has 1 aromatic carbocycles. The van der Waals surface area contributed by atoms with Crippen molar-refractivity contribution < 1.29 is 18.3 Å². The van der Waals surface area contributed by atoms with Gasteiger partial charge in [0.2, 0.25) is 0 Å². The minimum absolute atomic E-state index is 0.224. The van der Waals surface area contributed by atoms with Gasteiger partial charge in [-0.05, 0) is 12.1 Å². The largest absolute Gasteiger partial charge is 0.378 e. The molecule has 8 heteroatoms. The van der Waals surface area contributed by atoms with E-state index in [1.807, 2.05) is 26.8 Å². The molecular weight excluding hydrogens is 378 g/mol. The van der Waals surface area contributed by atoms with Crippen molar-refractivity contribution in [3.05, 3.63) is 53.0 Å². The highest BCUT2D eigenvalue weighted by Gasteiger charge is 2.28. The number of nitrogens with zero attached hydrogens (tertiary/aromatic N) is 4. The lowest BCUT2D eigenvalue weighted by Crippen LogP contribution is -2.49. The van der Waals surface area contributed by atoms with Crippen LogP contribution in [0.1, 0.15) is 42.6 Å². The third kappa shape index (κ3) is 4.70. The maximum atomic E-state index is 13.9. The summed E-state index contributed by atoms with van der Waals surface area (Å²) in [5.74, 6) is -0.826. The third-order valence-electron chi connectivity index (χ3n) is 4.80. The van der Waals surface area contributed by atoms with Gasteiger partial charge in [0.15, 0.2) is 0 Å². The van der Waals surface area contributed by atoms with E-state index < -0.39 is 23.1 Å². The molecule has 0 aliphatic carbocycles. The van der Waals surface area contributed by atoms with E-state index in [4.69, 9.17) is 9.72 Å². The molecule has 2 aromatic rings. The summed E-state index contributed by atoms with van der Waals surface area (Å²) >= 11 is 0. The number of carbonyl (C=O) groups excluding carboxylic acids is 1. The number of rotatable bonds is 4. The van der Waals surface area contributed by atoms with E-state index in [1.54, 1.807) is 7.11 Å². The lowest BCUT2D eigenvalue weighted by Gasteiger charge is -2.36. The highest BCUT2D eigenvalue weighted by atomic mass is 19.1. The lowest BCUT2D eigenvalue weighted by atomic mass is 9.95. The van der Waals surface area contributed by atoms with Crippen molar-refractivity contribution >= 4 is 11.7 Å². The van der Waals surface area contributed by atoms with Crippen LogP contribution in [0.4, 0.5) is 14.6 Å². The van der Waals surface area contributed by atoms with Crippen molar-refractivity contribution in [2.45, 2.75) is 32.8 Å². The smallest absolute Gasteiger partial charge is 0.259 e. The minimum Gasteiger partial charge on any atom is -0.378 e. The first-order valence-corrected chi connectivity index (χ1v) is 9.56. The zero-order valence-electron chi connectivity index (χ0n) is 17.2. The number of carbonyl (C=O) groups is 1. The van der Waals surface area contributed by atoms with Crippen LogP contribution in [0.25, 0.3) is 0 Å². The van der Waals surface area contributed by atoms with Gasteiger partial charge in [-0.25, -0.2) is 18.7 Å². The fourth-order valence-electron chi connectivity index (χ4n) is 3.20. The zero-order valence-corrected chi connectivity index (χ0v) is 17.2. The van der Waals surface area contributed by atoms with E-state index in [0.29, 0.717) is 38.6 Å². The zero-order chi connectivity index (χ0) is 21.2. The topological polar surface area (TPSA) is 58.6 Å². The van der Waals surface area contributed by atoms with E-state index in [2.05, 4.69) is 9.88 Å². The van der Waals surface area contributed by atoms with Crippen LogP contribution in [0, 0.1) is 11.6 Å². The monoisotopic (exact) mass is 404 g/mol. The van der Waals surface area contributed by atoms with Crippen LogP contribution in [-0.4, -0.2) is 54.1 Å². The Hall–Kier alpha value is -2.61. The Morgan fingerprint density at radius 3 is 2.28 bits per heavy atom. The number of benzene rings is 1. The summed E-state index contributed by atoms with van der Waals surface area (Å²) in [6.45, 7) is 8.22. The molecule has 156 valence electrons. The molecule has 0 unspecified atom stereocenters. The van der Waals surface area contributed by atoms with E-state index in [1.165, 1.54) is 11.0 Å². The van der Waals surface area contributed by atoms with Gasteiger partial charge in [0, 0.05) is 44.8 Å². The first-order chi connectivity index (χ1) is 13.7. The fraction of sp³-hybridized carbons (Fsp3) is 0.476. The van der Waals surface area contributed by atoms with Crippen molar-refractivity contribution in [2.24, 2.45) is 0 Å². The standard InChI is InChI=1S/C21H26F2N4O2/c1-21(2,3)20-24-14(13-29-4)12-17(25-20)26-8-10-27(11-9-26)19(28)18-15(22)6-5-7-16(18)23/h5-7,12H,8-11,13H2,1-4H3. The van der Waals surface area contributed by atoms with Gasteiger partial charge < -0.3 is 14.5 Å². The minimum atomic E-state index is -0.841. The number of aromatic nitrogens is 2. The molecular formula is C21H26F2N4O2. The molecule has 0 N–H and O–H groups in total. The van der Waals surface area contributed by atoms with Gasteiger partial charge >= 0.3 is 0 Å². The molecule has 0 bridgehead atoms. The van der Waals surface area contributed by atoms with Gasteiger partial charge in [-0.15, -0.1) is 0 Å². The molecule has 1 fully saturated rings. The third-order valence-corrected chi connectivity index (χ3v) is 4.80. The number of anilines is 1. The van der Waals surface area contributed by atoms with Gasteiger partial charge in [0.1, 0.15) is 28.8 Å². The molecule has 0 spiro atoms. The molecule has 0 saturated carbocycles. The molecule has 29 heavy (non-hydrogen) atoms. The van der Waals surface area contributed by atoms with Gasteiger partial charge in [-0.1, -0.05) is 26.8 Å². The van der Waals surface area contributed by atoms with Crippen LogP contribution in [-0.2, 0) is 16.8 Å². The first kappa shape index (κ1) is 21.1. The molecule has 2 heterocycles. The summed E-state index contributed by atoms with van der Waals surface area (Å²) in [5.41, 5.74) is 0.0632. The van der Waals surface area contributed by atoms with Crippen LogP contribution in [0.5, 0.6) is 0 Å². The number of amides is 1. The molecule has 0 atom stereocenters. The second-order valence-corrected chi connectivity index (χ2v) is 8.10. The van der Waals surface area contributed by atoms with Crippen LogP contribution in [0.2, 0.25) is 0 Å². The summed E-state index contributed by atoms with van der Waals surface area (Å²) in [7, 11) is 1.62. The molecule has 1 aromatic heterocycles. The molecule has 1 aliphatic heterocycles. The Morgan fingerprint density at radius 1 is 1.10 bits per heavy atom. The van der Waals surface area contributed by atoms with Gasteiger partial charge in [0.05, 0.1) is 12.3 Å². The summed E-state index contributed by atoms with van der Waals surface area (Å²) in [5, 5.41) is 0. The van der Waals surface area contributed by atoms with Gasteiger partial charge in [0.25, 0.3) is 5.91 Å². The molecule has 0 radical (unpaired) electrons. The second kappa shape index (κ2) is 8.41. The number of piperazine rings is 1. The highest BCUT2D eigenvalue weighted by Crippen LogP contribution is 2.24. The predicted molar refractivity (Wildman–Crippen MR) is 106 cm³/mol. The quantitative estimate of drug-likeness (QED) is 0.784. The number of methoxy groups -OCH3 is 1. The second-order valence-electron chi connectivity index (χ2n) is 8.10. The van der Waals surface area contributed by atoms with E-state index in [-0.39, 0.29) is 5.41 Å². The fourth-order valence-corrected chi connectivity index (χ4v) is 3.20.